The summed E-state index contributed by atoms with van der Waals surface area (Å²) >= 11 is 1.06. The minimum Gasteiger partial charge on any atom is -0.457 e. The van der Waals surface area contributed by atoms with E-state index in [0.29, 0.717) is 22.2 Å². The number of hydrogen-bond acceptors (Lipinski definition) is 7. The van der Waals surface area contributed by atoms with E-state index < -0.39 is 11.9 Å². The lowest BCUT2D eigenvalue weighted by Gasteiger charge is -2.20. The lowest BCUT2D eigenvalue weighted by molar-refractivity contribution is -0.122. The van der Waals surface area contributed by atoms with Crippen molar-refractivity contribution in [1.29, 1.82) is 0 Å². The van der Waals surface area contributed by atoms with Gasteiger partial charge in [0.05, 0.1) is 11.6 Å². The van der Waals surface area contributed by atoms with Gasteiger partial charge in [-0.25, -0.2) is 9.78 Å². The molecule has 1 aromatic carbocycles. The Balaban J connectivity index is 1.38. The van der Waals surface area contributed by atoms with E-state index in [4.69, 9.17) is 4.74 Å². The van der Waals surface area contributed by atoms with Gasteiger partial charge in [-0.3, -0.25) is 9.59 Å². The Kier molecular flexibility index (Phi) is 6.55. The largest absolute Gasteiger partial charge is 0.457 e. The summed E-state index contributed by atoms with van der Waals surface area (Å²) in [6, 6.07) is 7.95. The van der Waals surface area contributed by atoms with Crippen LogP contribution >= 0.6 is 11.3 Å². The zero-order chi connectivity index (χ0) is 22.7. The van der Waals surface area contributed by atoms with E-state index in [9.17, 15) is 14.4 Å². The number of esters is 1. The number of benzene rings is 1. The van der Waals surface area contributed by atoms with Crippen LogP contribution in [0.15, 0.2) is 36.9 Å². The van der Waals surface area contributed by atoms with Crippen molar-refractivity contribution < 1.29 is 19.1 Å². The number of hydrogen-bond donors (Lipinski definition) is 1. The predicted molar refractivity (Wildman–Crippen MR) is 124 cm³/mol. The van der Waals surface area contributed by atoms with Crippen molar-refractivity contribution >= 4 is 45.6 Å². The minimum atomic E-state index is -0.500. The molecule has 2 amide bonds. The number of nitrogens with one attached hydrogen (secondary N) is 1. The smallest absolute Gasteiger partial charge is 0.350 e. The predicted octanol–water partition coefficient (Wildman–Crippen LogP) is 3.39. The number of thiazole rings is 1. The number of aromatic nitrogens is 1. The Hall–Kier alpha value is -3.20. The van der Waals surface area contributed by atoms with Gasteiger partial charge in [-0.1, -0.05) is 24.0 Å². The van der Waals surface area contributed by atoms with E-state index in [1.54, 1.807) is 11.8 Å². The molecule has 0 aliphatic carbocycles. The first-order valence-electron chi connectivity index (χ1n) is 10.7. The van der Waals surface area contributed by atoms with Gasteiger partial charge in [0, 0.05) is 37.4 Å². The van der Waals surface area contributed by atoms with Gasteiger partial charge in [0.1, 0.15) is 11.5 Å². The third kappa shape index (κ3) is 4.67. The highest BCUT2D eigenvalue weighted by molar-refractivity contribution is 7.17. The number of amides is 2. The highest BCUT2D eigenvalue weighted by Gasteiger charge is 2.35. The first-order valence-corrected chi connectivity index (χ1v) is 11.5. The first kappa shape index (κ1) is 22.0. The molecule has 9 heteroatoms. The highest BCUT2D eigenvalue weighted by atomic mass is 32.1. The molecular weight excluding hydrogens is 428 g/mol. The number of aryl methyl sites for hydroxylation is 1. The van der Waals surface area contributed by atoms with Crippen LogP contribution in [0.3, 0.4) is 0 Å². The molecule has 4 rings (SSSR count). The molecule has 8 nitrogen and oxygen atoms in total. The summed E-state index contributed by atoms with van der Waals surface area (Å²) in [7, 11) is 0. The zero-order valence-electron chi connectivity index (χ0n) is 18.0. The average molecular weight is 455 g/mol. The molecule has 2 fully saturated rings. The summed E-state index contributed by atoms with van der Waals surface area (Å²) in [5.41, 5.74) is 2.45. The summed E-state index contributed by atoms with van der Waals surface area (Å²) in [5, 5.41) is 3.07. The number of ether oxygens (including phenoxy) is 1. The van der Waals surface area contributed by atoms with Crippen molar-refractivity contribution in [2.45, 2.75) is 26.2 Å². The second kappa shape index (κ2) is 9.52. The average Bonchev–Trinajstić information content (AvgIpc) is 3.52. The third-order valence-corrected chi connectivity index (χ3v) is 6.73. The highest BCUT2D eigenvalue weighted by Crippen LogP contribution is 2.30. The van der Waals surface area contributed by atoms with Crippen molar-refractivity contribution in [3.8, 4) is 0 Å². The summed E-state index contributed by atoms with van der Waals surface area (Å²) in [6.45, 7) is 7.74. The fraction of sp³-hybridized carbons (Fsp3) is 0.391. The van der Waals surface area contributed by atoms with E-state index in [1.807, 2.05) is 24.3 Å². The second-order valence-electron chi connectivity index (χ2n) is 7.93. The molecular formula is C23H26N4O4S. The minimum absolute atomic E-state index is 0.0805. The fourth-order valence-corrected chi connectivity index (χ4v) is 4.86. The van der Waals surface area contributed by atoms with E-state index in [1.165, 1.54) is 18.9 Å². The monoisotopic (exact) mass is 454 g/mol. The topological polar surface area (TPSA) is 91.8 Å². The maximum atomic E-state index is 12.8. The number of nitrogens with zero attached hydrogens (tertiary/aromatic N) is 3. The van der Waals surface area contributed by atoms with Crippen LogP contribution in [0.2, 0.25) is 0 Å². The molecule has 2 aromatic rings. The molecule has 3 heterocycles. The summed E-state index contributed by atoms with van der Waals surface area (Å²) < 4.78 is 5.04. The van der Waals surface area contributed by atoms with Crippen molar-refractivity contribution in [3.63, 3.8) is 0 Å². The van der Waals surface area contributed by atoms with Crippen molar-refractivity contribution in [1.82, 2.24) is 4.98 Å². The number of carbonyl (C=O) groups is 3. The van der Waals surface area contributed by atoms with Crippen LogP contribution in [-0.4, -0.2) is 49.0 Å². The van der Waals surface area contributed by atoms with Gasteiger partial charge in [-0.15, -0.1) is 0 Å². The summed E-state index contributed by atoms with van der Waals surface area (Å²) in [6.07, 6.45) is 4.04. The Morgan fingerprint density at radius 3 is 2.62 bits per heavy atom. The van der Waals surface area contributed by atoms with E-state index in [2.05, 4.69) is 21.8 Å². The fourth-order valence-electron chi connectivity index (χ4n) is 4.00. The molecule has 2 aliphatic heterocycles. The molecule has 0 saturated carbocycles. The molecule has 168 valence electrons. The van der Waals surface area contributed by atoms with E-state index in [0.717, 1.165) is 35.8 Å². The Morgan fingerprint density at radius 1 is 1.25 bits per heavy atom. The SMILES string of the molecule is C=CCOC(=O)c1sc(NC(=O)C2CC(=O)N(c3ccc(N4CCCC4)cc3)C2)nc1C. The van der Waals surface area contributed by atoms with Crippen LogP contribution in [0, 0.1) is 12.8 Å². The molecule has 0 radical (unpaired) electrons. The van der Waals surface area contributed by atoms with Crippen LogP contribution in [0.4, 0.5) is 16.5 Å². The molecule has 1 unspecified atom stereocenters. The standard InChI is InChI=1S/C23H26N4O4S/c1-3-12-31-22(30)20-15(2)24-23(32-20)25-21(29)16-13-19(28)27(14-16)18-8-6-17(7-9-18)26-10-4-5-11-26/h3,6-9,16H,1,4-5,10-14H2,2H3,(H,24,25,29). The van der Waals surface area contributed by atoms with Gasteiger partial charge in [-0.2, -0.15) is 0 Å². The number of anilines is 3. The lowest BCUT2D eigenvalue weighted by atomic mass is 10.1. The number of rotatable bonds is 7. The maximum Gasteiger partial charge on any atom is 0.350 e. The maximum absolute atomic E-state index is 12.8. The molecule has 2 aliphatic rings. The first-order chi connectivity index (χ1) is 15.5. The van der Waals surface area contributed by atoms with Crippen molar-refractivity contribution in [2.24, 2.45) is 5.92 Å². The Morgan fingerprint density at radius 2 is 1.94 bits per heavy atom. The van der Waals surface area contributed by atoms with Gasteiger partial charge in [0.2, 0.25) is 11.8 Å². The molecule has 32 heavy (non-hydrogen) atoms. The Labute approximate surface area is 190 Å². The van der Waals surface area contributed by atoms with Crippen molar-refractivity contribution in [3.05, 3.63) is 47.5 Å². The Bertz CT molecular complexity index is 1030. The lowest BCUT2D eigenvalue weighted by Crippen LogP contribution is -2.28. The molecule has 1 atom stereocenters. The quantitative estimate of drug-likeness (QED) is 0.509. The van der Waals surface area contributed by atoms with Gasteiger partial charge < -0.3 is 19.9 Å². The molecule has 1 N–H and O–H groups in total. The molecule has 0 bridgehead atoms. The van der Waals surface area contributed by atoms with Gasteiger partial charge >= 0.3 is 5.97 Å². The van der Waals surface area contributed by atoms with Gasteiger partial charge in [0.15, 0.2) is 5.13 Å². The van der Waals surface area contributed by atoms with E-state index >= 15 is 0 Å². The van der Waals surface area contributed by atoms with Gasteiger partial charge in [0.25, 0.3) is 0 Å². The molecule has 1 aromatic heterocycles. The van der Waals surface area contributed by atoms with Crippen LogP contribution in [-0.2, 0) is 14.3 Å². The zero-order valence-corrected chi connectivity index (χ0v) is 18.8. The van der Waals surface area contributed by atoms with Crippen molar-refractivity contribution in [2.75, 3.05) is 41.4 Å². The van der Waals surface area contributed by atoms with Crippen LogP contribution < -0.4 is 15.1 Å². The van der Waals surface area contributed by atoms with E-state index in [-0.39, 0.29) is 24.8 Å². The summed E-state index contributed by atoms with van der Waals surface area (Å²) in [5.74, 6) is -1.35. The number of carbonyl (C=O) groups excluding carboxylic acids is 3. The third-order valence-electron chi connectivity index (χ3n) is 5.67. The molecule has 0 spiro atoms. The van der Waals surface area contributed by atoms with Crippen LogP contribution in [0.1, 0.15) is 34.6 Å². The van der Waals surface area contributed by atoms with Gasteiger partial charge in [-0.05, 0) is 44.0 Å². The summed E-state index contributed by atoms with van der Waals surface area (Å²) in [4.78, 5) is 46.0. The van der Waals surface area contributed by atoms with Crippen LogP contribution in [0.25, 0.3) is 0 Å². The van der Waals surface area contributed by atoms with Crippen LogP contribution in [0.5, 0.6) is 0 Å². The normalized spacial score (nSPS) is 18.2. The second-order valence-corrected chi connectivity index (χ2v) is 8.92. The molecule has 2 saturated heterocycles.